The molecule has 0 bridgehead atoms. The SMILES string of the molecule is CC(=O)NCCC(C)N. The number of amides is 1. The number of hydrogen-bond acceptors (Lipinski definition) is 2. The standard InChI is InChI=1S/C6H14N2O/c1-5(7)3-4-8-6(2)9/h5H,3-4,7H2,1-2H3,(H,8,9). The third-order valence-electron chi connectivity index (χ3n) is 0.974. The zero-order valence-electron chi connectivity index (χ0n) is 5.98. The Balaban J connectivity index is 3.01. The van der Waals surface area contributed by atoms with Gasteiger partial charge in [0.2, 0.25) is 5.91 Å². The summed E-state index contributed by atoms with van der Waals surface area (Å²) in [6.07, 6.45) is 0.847. The monoisotopic (exact) mass is 130 g/mol. The molecule has 0 aromatic heterocycles. The van der Waals surface area contributed by atoms with Gasteiger partial charge in [-0.05, 0) is 13.3 Å². The molecule has 0 rings (SSSR count). The number of nitrogens with one attached hydrogen (secondary N) is 1. The average molecular weight is 130 g/mol. The molecular formula is C6H14N2O. The van der Waals surface area contributed by atoms with E-state index in [9.17, 15) is 4.79 Å². The Morgan fingerprint density at radius 3 is 2.67 bits per heavy atom. The molecule has 0 aliphatic rings. The van der Waals surface area contributed by atoms with Gasteiger partial charge in [0.05, 0.1) is 0 Å². The zero-order valence-corrected chi connectivity index (χ0v) is 5.98. The highest BCUT2D eigenvalue weighted by Crippen LogP contribution is 1.81. The minimum absolute atomic E-state index is 0.00986. The molecule has 0 aliphatic carbocycles. The third kappa shape index (κ3) is 7.43. The first-order valence-corrected chi connectivity index (χ1v) is 3.13. The molecule has 1 unspecified atom stereocenters. The fourth-order valence-electron chi connectivity index (χ4n) is 0.476. The number of nitrogens with two attached hydrogens (primary N) is 1. The Hall–Kier alpha value is -0.570. The lowest BCUT2D eigenvalue weighted by molar-refractivity contribution is -0.118. The van der Waals surface area contributed by atoms with Crippen molar-refractivity contribution in [3.8, 4) is 0 Å². The molecule has 54 valence electrons. The van der Waals surface area contributed by atoms with Crippen LogP contribution in [-0.2, 0) is 4.79 Å². The Kier molecular flexibility index (Phi) is 4.05. The van der Waals surface area contributed by atoms with Gasteiger partial charge in [0.25, 0.3) is 0 Å². The van der Waals surface area contributed by atoms with E-state index in [4.69, 9.17) is 5.73 Å². The number of hydrogen-bond donors (Lipinski definition) is 2. The molecule has 0 saturated carbocycles. The molecule has 1 atom stereocenters. The summed E-state index contributed by atoms with van der Waals surface area (Å²) in [5, 5.41) is 2.66. The predicted molar refractivity (Wildman–Crippen MR) is 37.0 cm³/mol. The lowest BCUT2D eigenvalue weighted by Gasteiger charge is -2.03. The van der Waals surface area contributed by atoms with E-state index in [0.717, 1.165) is 6.42 Å². The first-order chi connectivity index (χ1) is 4.13. The average Bonchev–Trinajstić information content (AvgIpc) is 1.63. The second-order valence-corrected chi connectivity index (χ2v) is 2.25. The molecule has 0 saturated heterocycles. The maximum Gasteiger partial charge on any atom is 0.216 e. The van der Waals surface area contributed by atoms with E-state index in [1.54, 1.807) is 0 Å². The van der Waals surface area contributed by atoms with E-state index in [2.05, 4.69) is 5.32 Å². The van der Waals surface area contributed by atoms with Gasteiger partial charge in [-0.25, -0.2) is 0 Å². The van der Waals surface area contributed by atoms with Gasteiger partial charge in [0.1, 0.15) is 0 Å². The van der Waals surface area contributed by atoms with Gasteiger partial charge >= 0.3 is 0 Å². The molecular weight excluding hydrogens is 116 g/mol. The van der Waals surface area contributed by atoms with Crippen LogP contribution in [-0.4, -0.2) is 18.5 Å². The van der Waals surface area contributed by atoms with Crippen LogP contribution in [0.5, 0.6) is 0 Å². The molecule has 0 aromatic rings. The van der Waals surface area contributed by atoms with Crippen LogP contribution in [0.1, 0.15) is 20.3 Å². The third-order valence-corrected chi connectivity index (χ3v) is 0.974. The largest absolute Gasteiger partial charge is 0.356 e. The van der Waals surface area contributed by atoms with E-state index in [1.165, 1.54) is 6.92 Å². The second kappa shape index (κ2) is 4.32. The Labute approximate surface area is 55.6 Å². The van der Waals surface area contributed by atoms with E-state index in [0.29, 0.717) is 6.54 Å². The van der Waals surface area contributed by atoms with Gasteiger partial charge in [0, 0.05) is 19.5 Å². The van der Waals surface area contributed by atoms with Gasteiger partial charge in [-0.15, -0.1) is 0 Å². The summed E-state index contributed by atoms with van der Waals surface area (Å²) in [6.45, 7) is 4.11. The summed E-state index contributed by atoms with van der Waals surface area (Å²) >= 11 is 0. The van der Waals surface area contributed by atoms with Crippen molar-refractivity contribution in [3.63, 3.8) is 0 Å². The summed E-state index contributed by atoms with van der Waals surface area (Å²) in [5.41, 5.74) is 5.43. The molecule has 0 spiro atoms. The summed E-state index contributed by atoms with van der Waals surface area (Å²) < 4.78 is 0. The summed E-state index contributed by atoms with van der Waals surface area (Å²) in [6, 6.07) is 0.178. The van der Waals surface area contributed by atoms with Crippen molar-refractivity contribution in [1.29, 1.82) is 0 Å². The van der Waals surface area contributed by atoms with Crippen LogP contribution >= 0.6 is 0 Å². The van der Waals surface area contributed by atoms with Crippen molar-refractivity contribution in [3.05, 3.63) is 0 Å². The smallest absolute Gasteiger partial charge is 0.216 e. The minimum atomic E-state index is 0.00986. The van der Waals surface area contributed by atoms with E-state index < -0.39 is 0 Å². The summed E-state index contributed by atoms with van der Waals surface area (Å²) in [7, 11) is 0. The fourth-order valence-corrected chi connectivity index (χ4v) is 0.476. The van der Waals surface area contributed by atoms with Crippen molar-refractivity contribution in [2.45, 2.75) is 26.3 Å². The molecule has 3 heteroatoms. The number of rotatable bonds is 3. The first kappa shape index (κ1) is 8.43. The van der Waals surface area contributed by atoms with Gasteiger partial charge in [-0.1, -0.05) is 0 Å². The zero-order chi connectivity index (χ0) is 7.28. The van der Waals surface area contributed by atoms with Crippen molar-refractivity contribution >= 4 is 5.91 Å². The number of carbonyl (C=O) groups excluding carboxylic acids is 1. The molecule has 0 radical (unpaired) electrons. The minimum Gasteiger partial charge on any atom is -0.356 e. The van der Waals surface area contributed by atoms with Gasteiger partial charge in [0.15, 0.2) is 0 Å². The topological polar surface area (TPSA) is 55.1 Å². The van der Waals surface area contributed by atoms with Crippen LogP contribution in [0.25, 0.3) is 0 Å². The highest BCUT2D eigenvalue weighted by atomic mass is 16.1. The maximum absolute atomic E-state index is 10.3. The van der Waals surface area contributed by atoms with Crippen LogP contribution in [0, 0.1) is 0 Å². The van der Waals surface area contributed by atoms with Crippen molar-refractivity contribution < 1.29 is 4.79 Å². The summed E-state index contributed by atoms with van der Waals surface area (Å²) in [5.74, 6) is 0.00986. The molecule has 3 N–H and O–H groups in total. The first-order valence-electron chi connectivity index (χ1n) is 3.13. The Morgan fingerprint density at radius 1 is 1.78 bits per heavy atom. The maximum atomic E-state index is 10.3. The fraction of sp³-hybridized carbons (Fsp3) is 0.833. The normalized spacial score (nSPS) is 12.8. The van der Waals surface area contributed by atoms with Crippen LogP contribution in [0.2, 0.25) is 0 Å². The van der Waals surface area contributed by atoms with Gasteiger partial charge in [-0.2, -0.15) is 0 Å². The highest BCUT2D eigenvalue weighted by Gasteiger charge is 1.93. The van der Waals surface area contributed by atoms with Crippen LogP contribution < -0.4 is 11.1 Å². The predicted octanol–water partition coefficient (Wildman–Crippen LogP) is -0.140. The van der Waals surface area contributed by atoms with Gasteiger partial charge < -0.3 is 11.1 Å². The summed E-state index contributed by atoms with van der Waals surface area (Å²) in [4.78, 5) is 10.3. The van der Waals surface area contributed by atoms with Crippen LogP contribution in [0.3, 0.4) is 0 Å². The van der Waals surface area contributed by atoms with Crippen LogP contribution in [0.15, 0.2) is 0 Å². The molecule has 0 heterocycles. The highest BCUT2D eigenvalue weighted by molar-refractivity contribution is 5.72. The molecule has 0 fully saturated rings. The second-order valence-electron chi connectivity index (χ2n) is 2.25. The molecule has 0 aliphatic heterocycles. The van der Waals surface area contributed by atoms with Crippen molar-refractivity contribution in [1.82, 2.24) is 5.32 Å². The van der Waals surface area contributed by atoms with Crippen LogP contribution in [0.4, 0.5) is 0 Å². The Morgan fingerprint density at radius 2 is 2.33 bits per heavy atom. The van der Waals surface area contributed by atoms with E-state index in [1.807, 2.05) is 6.92 Å². The van der Waals surface area contributed by atoms with Crippen molar-refractivity contribution in [2.24, 2.45) is 5.73 Å². The molecule has 1 amide bonds. The quantitative estimate of drug-likeness (QED) is 0.558. The van der Waals surface area contributed by atoms with E-state index >= 15 is 0 Å². The lowest BCUT2D eigenvalue weighted by atomic mass is 10.2. The van der Waals surface area contributed by atoms with E-state index in [-0.39, 0.29) is 11.9 Å². The molecule has 9 heavy (non-hydrogen) atoms. The number of carbonyl (C=O) groups is 1. The van der Waals surface area contributed by atoms with Crippen molar-refractivity contribution in [2.75, 3.05) is 6.54 Å². The molecule has 0 aromatic carbocycles. The van der Waals surface area contributed by atoms with Gasteiger partial charge in [-0.3, -0.25) is 4.79 Å². The molecule has 3 nitrogen and oxygen atoms in total. The lowest BCUT2D eigenvalue weighted by Crippen LogP contribution is -2.26. The Bertz CT molecular complexity index is 91.1.